The Balaban J connectivity index is 2.93. The van der Waals surface area contributed by atoms with Crippen molar-refractivity contribution in [3.05, 3.63) is 29.0 Å². The Bertz CT molecular complexity index is 434. The second kappa shape index (κ2) is 6.87. The molecule has 5 heteroatoms. The number of pyridine rings is 1. The molecule has 4 nitrogen and oxygen atoms in total. The van der Waals surface area contributed by atoms with Gasteiger partial charge in [-0.2, -0.15) is 0 Å². The van der Waals surface area contributed by atoms with Gasteiger partial charge in [0.05, 0.1) is 10.6 Å². The minimum absolute atomic E-state index is 0.0595. The molecule has 0 aliphatic rings. The van der Waals surface area contributed by atoms with E-state index in [-0.39, 0.29) is 11.3 Å². The number of halogens is 1. The van der Waals surface area contributed by atoms with Crippen molar-refractivity contribution in [1.82, 2.24) is 9.88 Å². The summed E-state index contributed by atoms with van der Waals surface area (Å²) in [6.07, 6.45) is 3.97. The van der Waals surface area contributed by atoms with Gasteiger partial charge in [0.1, 0.15) is 0 Å². The van der Waals surface area contributed by atoms with Gasteiger partial charge in [-0.15, -0.1) is 0 Å². The number of carbonyl (C=O) groups is 1. The van der Waals surface area contributed by atoms with Crippen molar-refractivity contribution in [2.24, 2.45) is 11.1 Å². The fraction of sp³-hybridized carbons (Fsp3) is 0.571. The molecule has 106 valence electrons. The molecule has 0 bridgehead atoms. The number of aromatic nitrogens is 1. The summed E-state index contributed by atoms with van der Waals surface area (Å²) in [4.78, 5) is 18.2. The second-order valence-corrected chi connectivity index (χ2v) is 5.86. The monoisotopic (exact) mass is 283 g/mol. The highest BCUT2D eigenvalue weighted by Gasteiger charge is 2.25. The lowest BCUT2D eigenvalue weighted by Gasteiger charge is -2.32. The molecule has 19 heavy (non-hydrogen) atoms. The van der Waals surface area contributed by atoms with Gasteiger partial charge in [0, 0.05) is 25.5 Å². The van der Waals surface area contributed by atoms with Crippen molar-refractivity contribution >= 4 is 17.5 Å². The molecule has 1 aromatic rings. The van der Waals surface area contributed by atoms with E-state index in [0.717, 1.165) is 6.42 Å². The van der Waals surface area contributed by atoms with E-state index in [9.17, 15) is 4.79 Å². The Labute approximate surface area is 120 Å². The average molecular weight is 284 g/mol. The summed E-state index contributed by atoms with van der Waals surface area (Å²) in [5.41, 5.74) is 6.14. The highest BCUT2D eigenvalue weighted by molar-refractivity contribution is 6.33. The molecule has 2 N–H and O–H groups in total. The molecule has 1 rings (SSSR count). The van der Waals surface area contributed by atoms with E-state index < -0.39 is 0 Å². The van der Waals surface area contributed by atoms with E-state index in [1.54, 1.807) is 12.3 Å². The molecular weight excluding hydrogens is 262 g/mol. The third kappa shape index (κ3) is 4.48. The first kappa shape index (κ1) is 15.9. The predicted molar refractivity (Wildman–Crippen MR) is 78.3 cm³/mol. The minimum atomic E-state index is -0.107. The molecular formula is C14H22ClN3O. The molecule has 1 amide bonds. The van der Waals surface area contributed by atoms with Crippen molar-refractivity contribution in [1.29, 1.82) is 0 Å². The zero-order valence-electron chi connectivity index (χ0n) is 11.8. The van der Waals surface area contributed by atoms with Crippen LogP contribution in [0.25, 0.3) is 0 Å². The fourth-order valence-electron chi connectivity index (χ4n) is 1.82. The third-order valence-electron chi connectivity index (χ3n) is 2.96. The van der Waals surface area contributed by atoms with Crippen LogP contribution >= 0.6 is 11.6 Å². The van der Waals surface area contributed by atoms with Crippen LogP contribution in [0, 0.1) is 5.41 Å². The van der Waals surface area contributed by atoms with Gasteiger partial charge in [-0.05, 0) is 24.4 Å². The van der Waals surface area contributed by atoms with Gasteiger partial charge in [0.25, 0.3) is 5.91 Å². The van der Waals surface area contributed by atoms with E-state index in [1.807, 2.05) is 11.8 Å². The molecule has 1 aromatic heterocycles. The molecule has 0 atom stereocenters. The smallest absolute Gasteiger partial charge is 0.255 e. The molecule has 0 saturated carbocycles. The van der Waals surface area contributed by atoms with Crippen LogP contribution in [0.3, 0.4) is 0 Å². The highest BCUT2D eigenvalue weighted by Crippen LogP contribution is 2.20. The zero-order valence-corrected chi connectivity index (χ0v) is 12.6. The number of hydrogen-bond acceptors (Lipinski definition) is 3. The number of nitrogens with zero attached hydrogens (tertiary/aromatic N) is 2. The van der Waals surface area contributed by atoms with Crippen molar-refractivity contribution in [2.45, 2.75) is 27.2 Å². The fourth-order valence-corrected chi connectivity index (χ4v) is 2.02. The molecule has 0 unspecified atom stereocenters. The van der Waals surface area contributed by atoms with Gasteiger partial charge in [-0.3, -0.25) is 9.78 Å². The Kier molecular flexibility index (Phi) is 5.76. The maximum atomic E-state index is 12.5. The van der Waals surface area contributed by atoms with Crippen LogP contribution in [0.15, 0.2) is 18.5 Å². The number of amides is 1. The first-order valence-electron chi connectivity index (χ1n) is 6.50. The lowest BCUT2D eigenvalue weighted by atomic mass is 9.92. The standard InChI is InChI=1S/C14H22ClN3O/c1-4-7-18(10-14(2,3)9-16)13(19)11-5-6-17-8-12(11)15/h5-6,8H,4,7,9-10,16H2,1-3H3. The normalized spacial score (nSPS) is 11.4. The molecule has 0 aliphatic carbocycles. The van der Waals surface area contributed by atoms with Gasteiger partial charge >= 0.3 is 0 Å². The van der Waals surface area contributed by atoms with E-state index in [4.69, 9.17) is 17.3 Å². The zero-order chi connectivity index (χ0) is 14.5. The largest absolute Gasteiger partial charge is 0.338 e. The predicted octanol–water partition coefficient (Wildman–Crippen LogP) is 2.57. The lowest BCUT2D eigenvalue weighted by molar-refractivity contribution is 0.0689. The number of rotatable bonds is 6. The van der Waals surface area contributed by atoms with Gasteiger partial charge < -0.3 is 10.6 Å². The maximum Gasteiger partial charge on any atom is 0.255 e. The van der Waals surface area contributed by atoms with Crippen molar-refractivity contribution in [2.75, 3.05) is 19.6 Å². The SMILES string of the molecule is CCCN(CC(C)(C)CN)C(=O)c1ccncc1Cl. The van der Waals surface area contributed by atoms with Crippen molar-refractivity contribution in [3.8, 4) is 0 Å². The quantitative estimate of drug-likeness (QED) is 0.873. The van der Waals surface area contributed by atoms with Gasteiger partial charge in [-0.25, -0.2) is 0 Å². The summed E-state index contributed by atoms with van der Waals surface area (Å²) in [6.45, 7) is 8.00. The Morgan fingerprint density at radius 3 is 2.74 bits per heavy atom. The van der Waals surface area contributed by atoms with E-state index >= 15 is 0 Å². The average Bonchev–Trinajstić information content (AvgIpc) is 2.38. The first-order valence-corrected chi connectivity index (χ1v) is 6.88. The summed E-state index contributed by atoms with van der Waals surface area (Å²) in [5.74, 6) is -0.0595. The Morgan fingerprint density at radius 2 is 2.21 bits per heavy atom. The number of carbonyl (C=O) groups excluding carboxylic acids is 1. The van der Waals surface area contributed by atoms with Crippen LogP contribution in [0.2, 0.25) is 5.02 Å². The molecule has 0 aliphatic heterocycles. The highest BCUT2D eigenvalue weighted by atomic mass is 35.5. The van der Waals surface area contributed by atoms with Crippen molar-refractivity contribution < 1.29 is 4.79 Å². The van der Waals surface area contributed by atoms with E-state index in [1.165, 1.54) is 6.20 Å². The second-order valence-electron chi connectivity index (χ2n) is 5.45. The third-order valence-corrected chi connectivity index (χ3v) is 3.26. The van der Waals surface area contributed by atoms with Crippen LogP contribution in [-0.2, 0) is 0 Å². The van der Waals surface area contributed by atoms with Crippen LogP contribution < -0.4 is 5.73 Å². The summed E-state index contributed by atoms with van der Waals surface area (Å²) in [7, 11) is 0. The van der Waals surface area contributed by atoms with Crippen molar-refractivity contribution in [3.63, 3.8) is 0 Å². The van der Waals surface area contributed by atoms with E-state index in [2.05, 4.69) is 18.8 Å². The lowest BCUT2D eigenvalue weighted by Crippen LogP contribution is -2.42. The van der Waals surface area contributed by atoms with E-state index in [0.29, 0.717) is 30.2 Å². The molecule has 0 radical (unpaired) electrons. The Morgan fingerprint density at radius 1 is 1.53 bits per heavy atom. The summed E-state index contributed by atoms with van der Waals surface area (Å²) >= 11 is 6.03. The van der Waals surface area contributed by atoms with Gasteiger partial charge in [0.2, 0.25) is 0 Å². The van der Waals surface area contributed by atoms with Crippen LogP contribution in [0.4, 0.5) is 0 Å². The molecule has 0 fully saturated rings. The summed E-state index contributed by atoms with van der Waals surface area (Å²) in [5, 5.41) is 0.388. The molecule has 0 aromatic carbocycles. The van der Waals surface area contributed by atoms with Crippen LogP contribution in [-0.4, -0.2) is 35.4 Å². The van der Waals surface area contributed by atoms with Crippen LogP contribution in [0.5, 0.6) is 0 Å². The molecule has 0 saturated heterocycles. The van der Waals surface area contributed by atoms with Gasteiger partial charge in [-0.1, -0.05) is 32.4 Å². The summed E-state index contributed by atoms with van der Waals surface area (Å²) in [6, 6.07) is 1.66. The first-order chi connectivity index (χ1) is 8.91. The molecule has 0 spiro atoms. The topological polar surface area (TPSA) is 59.2 Å². The summed E-state index contributed by atoms with van der Waals surface area (Å²) < 4.78 is 0. The number of hydrogen-bond donors (Lipinski definition) is 1. The minimum Gasteiger partial charge on any atom is -0.338 e. The maximum absolute atomic E-state index is 12.5. The Hall–Kier alpha value is -1.13. The number of nitrogens with two attached hydrogens (primary N) is 1. The van der Waals surface area contributed by atoms with Crippen LogP contribution in [0.1, 0.15) is 37.6 Å². The van der Waals surface area contributed by atoms with Gasteiger partial charge in [0.15, 0.2) is 0 Å². The molecule has 1 heterocycles.